The van der Waals surface area contributed by atoms with E-state index < -0.39 is 0 Å². The number of hydrogen-bond acceptors (Lipinski definition) is 3. The zero-order valence-electron chi connectivity index (χ0n) is 15.2. The van der Waals surface area contributed by atoms with Crippen LogP contribution < -0.4 is 5.32 Å². The van der Waals surface area contributed by atoms with Crippen molar-refractivity contribution in [2.24, 2.45) is 11.8 Å². The van der Waals surface area contributed by atoms with Crippen LogP contribution >= 0.6 is 0 Å². The van der Waals surface area contributed by atoms with E-state index in [-0.39, 0.29) is 23.9 Å². The van der Waals surface area contributed by atoms with Crippen LogP contribution in [0.3, 0.4) is 0 Å². The maximum atomic E-state index is 12.8. The minimum atomic E-state index is -0.114. The first-order valence-electron chi connectivity index (χ1n) is 8.55. The number of aromatic nitrogens is 1. The molecule has 1 fully saturated rings. The van der Waals surface area contributed by atoms with Crippen molar-refractivity contribution >= 4 is 11.9 Å². The minimum Gasteiger partial charge on any atom is -0.336 e. The molecule has 2 heterocycles. The Morgan fingerprint density at radius 1 is 1.38 bits per heavy atom. The Morgan fingerprint density at radius 2 is 2.08 bits per heavy atom. The third-order valence-corrected chi connectivity index (χ3v) is 4.65. The van der Waals surface area contributed by atoms with Crippen LogP contribution in [-0.2, 0) is 6.42 Å². The lowest BCUT2D eigenvalue weighted by atomic mass is 9.91. The lowest BCUT2D eigenvalue weighted by molar-refractivity contribution is 0.0782. The molecule has 1 aliphatic heterocycles. The van der Waals surface area contributed by atoms with Crippen LogP contribution in [0.25, 0.3) is 0 Å². The number of aryl methyl sites for hydroxylation is 1. The van der Waals surface area contributed by atoms with Crippen LogP contribution in [0.2, 0.25) is 0 Å². The van der Waals surface area contributed by atoms with Crippen molar-refractivity contribution in [3.8, 4) is 0 Å². The van der Waals surface area contributed by atoms with Crippen molar-refractivity contribution in [3.05, 3.63) is 29.6 Å². The van der Waals surface area contributed by atoms with Crippen LogP contribution in [0, 0.1) is 11.8 Å². The van der Waals surface area contributed by atoms with E-state index >= 15 is 0 Å². The van der Waals surface area contributed by atoms with Crippen LogP contribution in [0.1, 0.15) is 36.8 Å². The van der Waals surface area contributed by atoms with Gasteiger partial charge in [0.15, 0.2) is 0 Å². The van der Waals surface area contributed by atoms with Crippen molar-refractivity contribution in [1.29, 1.82) is 0 Å². The van der Waals surface area contributed by atoms with E-state index in [2.05, 4.69) is 24.1 Å². The number of amides is 3. The highest BCUT2D eigenvalue weighted by Gasteiger charge is 2.38. The Morgan fingerprint density at radius 3 is 2.67 bits per heavy atom. The number of hydrogen-bond donors (Lipinski definition) is 1. The average molecular weight is 332 g/mol. The predicted octanol–water partition coefficient (Wildman–Crippen LogP) is 2.01. The first-order valence-corrected chi connectivity index (χ1v) is 8.55. The molecular weight excluding hydrogens is 304 g/mol. The summed E-state index contributed by atoms with van der Waals surface area (Å²) in [5.74, 6) is 0.656. The van der Waals surface area contributed by atoms with Gasteiger partial charge in [0.05, 0.1) is 6.04 Å². The molecule has 0 unspecified atom stereocenters. The third kappa shape index (κ3) is 4.04. The molecule has 3 amide bonds. The lowest BCUT2D eigenvalue weighted by Crippen LogP contribution is -2.46. The Bertz CT molecular complexity index is 600. The molecule has 6 nitrogen and oxygen atoms in total. The van der Waals surface area contributed by atoms with Gasteiger partial charge >= 0.3 is 6.03 Å². The number of pyridine rings is 1. The van der Waals surface area contributed by atoms with Crippen molar-refractivity contribution in [2.45, 2.75) is 33.2 Å². The van der Waals surface area contributed by atoms with E-state index in [1.54, 1.807) is 26.4 Å². The number of carbonyl (C=O) groups excluding carboxylic acids is 2. The van der Waals surface area contributed by atoms with Crippen molar-refractivity contribution in [2.75, 3.05) is 27.2 Å². The standard InChI is InChI=1S/C18H28N4O2/c1-6-14-9-13(7-8-19-14)17(23)22-10-15(12(2)3)16(11-22)20-18(24)21(4)5/h7-9,12,15-16H,6,10-11H2,1-5H3,(H,20,24)/t15-,16+/m0/s1. The Hall–Kier alpha value is -2.11. The lowest BCUT2D eigenvalue weighted by Gasteiger charge is -2.24. The second kappa shape index (κ2) is 7.64. The van der Waals surface area contributed by atoms with E-state index in [0.717, 1.165) is 12.1 Å². The Balaban J connectivity index is 2.13. The largest absolute Gasteiger partial charge is 0.336 e. The van der Waals surface area contributed by atoms with Gasteiger partial charge in [-0.1, -0.05) is 20.8 Å². The number of urea groups is 1. The highest BCUT2D eigenvalue weighted by atomic mass is 16.2. The van der Waals surface area contributed by atoms with Gasteiger partial charge < -0.3 is 15.1 Å². The minimum absolute atomic E-state index is 0.0133. The number of likely N-dealkylation sites (tertiary alicyclic amines) is 1. The second-order valence-electron chi connectivity index (χ2n) is 6.96. The van der Waals surface area contributed by atoms with Gasteiger partial charge in [0.25, 0.3) is 5.91 Å². The number of nitrogens with one attached hydrogen (secondary N) is 1. The van der Waals surface area contributed by atoms with Gasteiger partial charge in [-0.25, -0.2) is 4.79 Å². The van der Waals surface area contributed by atoms with Gasteiger partial charge in [0.2, 0.25) is 0 Å². The fourth-order valence-electron chi connectivity index (χ4n) is 3.10. The summed E-state index contributed by atoms with van der Waals surface area (Å²) in [4.78, 5) is 32.4. The fourth-order valence-corrected chi connectivity index (χ4v) is 3.10. The summed E-state index contributed by atoms with van der Waals surface area (Å²) >= 11 is 0. The molecule has 1 N–H and O–H groups in total. The first-order chi connectivity index (χ1) is 11.3. The van der Waals surface area contributed by atoms with Gasteiger partial charge in [-0.05, 0) is 24.5 Å². The number of nitrogens with zero attached hydrogens (tertiary/aromatic N) is 3. The zero-order chi connectivity index (χ0) is 17.9. The molecule has 132 valence electrons. The maximum absolute atomic E-state index is 12.8. The number of rotatable bonds is 4. The molecule has 1 aromatic rings. The molecular formula is C18H28N4O2. The average Bonchev–Trinajstić information content (AvgIpc) is 2.98. The Labute approximate surface area is 144 Å². The van der Waals surface area contributed by atoms with E-state index in [4.69, 9.17) is 0 Å². The van der Waals surface area contributed by atoms with Crippen molar-refractivity contribution in [1.82, 2.24) is 20.1 Å². The van der Waals surface area contributed by atoms with Crippen molar-refractivity contribution in [3.63, 3.8) is 0 Å². The highest BCUT2D eigenvalue weighted by molar-refractivity contribution is 5.94. The summed E-state index contributed by atoms with van der Waals surface area (Å²) in [6, 6.07) is 3.49. The van der Waals surface area contributed by atoms with Crippen molar-refractivity contribution < 1.29 is 9.59 Å². The van der Waals surface area contributed by atoms with Crippen LogP contribution in [-0.4, -0.2) is 59.9 Å². The van der Waals surface area contributed by atoms with Crippen LogP contribution in [0.5, 0.6) is 0 Å². The number of carbonyl (C=O) groups is 2. The molecule has 0 radical (unpaired) electrons. The molecule has 0 spiro atoms. The molecule has 2 rings (SSSR count). The molecule has 1 saturated heterocycles. The summed E-state index contributed by atoms with van der Waals surface area (Å²) < 4.78 is 0. The monoisotopic (exact) mass is 332 g/mol. The summed E-state index contributed by atoms with van der Waals surface area (Å²) in [5.41, 5.74) is 1.59. The molecule has 1 aliphatic rings. The van der Waals surface area contributed by atoms with Gasteiger partial charge in [-0.3, -0.25) is 9.78 Å². The van der Waals surface area contributed by atoms with E-state index in [1.165, 1.54) is 4.90 Å². The predicted molar refractivity (Wildman–Crippen MR) is 93.9 cm³/mol. The smallest absolute Gasteiger partial charge is 0.317 e. The SMILES string of the molecule is CCc1cc(C(=O)N2C[C@@H](NC(=O)N(C)C)[C@H](C(C)C)C2)ccn1. The quantitative estimate of drug-likeness (QED) is 0.917. The van der Waals surface area contributed by atoms with Crippen LogP contribution in [0.4, 0.5) is 4.79 Å². The molecule has 0 saturated carbocycles. The summed E-state index contributed by atoms with van der Waals surface area (Å²) in [5, 5.41) is 3.05. The van der Waals surface area contributed by atoms with Gasteiger partial charge in [0.1, 0.15) is 0 Å². The second-order valence-corrected chi connectivity index (χ2v) is 6.96. The first kappa shape index (κ1) is 18.2. The molecule has 0 bridgehead atoms. The summed E-state index contributed by atoms with van der Waals surface area (Å²) in [6.45, 7) is 7.50. The molecule has 2 atom stereocenters. The molecule has 1 aromatic heterocycles. The van der Waals surface area contributed by atoms with Gasteiger partial charge in [-0.15, -0.1) is 0 Å². The van der Waals surface area contributed by atoms with E-state index in [0.29, 0.717) is 24.6 Å². The highest BCUT2D eigenvalue weighted by Crippen LogP contribution is 2.26. The normalized spacial score (nSPS) is 20.3. The third-order valence-electron chi connectivity index (χ3n) is 4.65. The molecule has 6 heteroatoms. The van der Waals surface area contributed by atoms with Crippen LogP contribution in [0.15, 0.2) is 18.3 Å². The van der Waals surface area contributed by atoms with Gasteiger partial charge in [0, 0.05) is 50.6 Å². The zero-order valence-corrected chi connectivity index (χ0v) is 15.2. The van der Waals surface area contributed by atoms with E-state index in [1.807, 2.05) is 17.9 Å². The Kier molecular flexibility index (Phi) is 5.80. The summed E-state index contributed by atoms with van der Waals surface area (Å²) in [6.07, 6.45) is 2.49. The molecule has 0 aliphatic carbocycles. The van der Waals surface area contributed by atoms with E-state index in [9.17, 15) is 9.59 Å². The summed E-state index contributed by atoms with van der Waals surface area (Å²) in [7, 11) is 3.45. The molecule has 24 heavy (non-hydrogen) atoms. The maximum Gasteiger partial charge on any atom is 0.317 e. The molecule has 0 aromatic carbocycles. The topological polar surface area (TPSA) is 65.5 Å². The van der Waals surface area contributed by atoms with Gasteiger partial charge in [-0.2, -0.15) is 0 Å². The fraction of sp³-hybridized carbons (Fsp3) is 0.611.